The summed E-state index contributed by atoms with van der Waals surface area (Å²) in [7, 11) is 0. The van der Waals surface area contributed by atoms with Gasteiger partial charge < -0.3 is 9.64 Å². The molecule has 2 aliphatic rings. The lowest BCUT2D eigenvalue weighted by Crippen LogP contribution is -2.63. The van der Waals surface area contributed by atoms with Gasteiger partial charge in [-0.2, -0.15) is 0 Å². The van der Waals surface area contributed by atoms with Crippen molar-refractivity contribution in [3.63, 3.8) is 0 Å². The van der Waals surface area contributed by atoms with Crippen LogP contribution in [0.1, 0.15) is 18.1 Å². The molecular weight excluding hydrogens is 370 g/mol. The monoisotopic (exact) mass is 393 g/mol. The molecule has 0 saturated carbocycles. The van der Waals surface area contributed by atoms with Crippen LogP contribution in [0.3, 0.4) is 0 Å². The highest BCUT2D eigenvalue weighted by Crippen LogP contribution is 2.44. The number of carbonyl (C=O) groups is 2. The third-order valence-corrected chi connectivity index (χ3v) is 6.23. The summed E-state index contributed by atoms with van der Waals surface area (Å²) in [6.45, 7) is 2.27. The van der Waals surface area contributed by atoms with E-state index in [4.69, 9.17) is 4.74 Å². The van der Waals surface area contributed by atoms with E-state index in [2.05, 4.69) is 13.0 Å². The summed E-state index contributed by atoms with van der Waals surface area (Å²) >= 11 is 1.62. The summed E-state index contributed by atoms with van der Waals surface area (Å²) in [6, 6.07) is 19.0. The van der Waals surface area contributed by atoms with E-state index in [9.17, 15) is 9.59 Å². The second kappa shape index (κ2) is 8.23. The smallest absolute Gasteiger partial charge is 0.334 e. The van der Waals surface area contributed by atoms with Crippen molar-refractivity contribution in [1.82, 2.24) is 4.90 Å². The minimum Gasteiger partial charge on any atom is -0.459 e. The second-order valence-electron chi connectivity index (χ2n) is 7.03. The van der Waals surface area contributed by atoms with Gasteiger partial charge in [0, 0.05) is 4.91 Å². The Labute approximate surface area is 169 Å². The number of β-lactam (4-membered cyclic amide) rings is 1. The highest BCUT2D eigenvalue weighted by Gasteiger charge is 2.56. The Morgan fingerprint density at radius 3 is 2.32 bits per heavy atom. The Kier molecular flexibility index (Phi) is 5.53. The molecule has 1 amide bonds. The van der Waals surface area contributed by atoms with Gasteiger partial charge in [-0.3, -0.25) is 4.79 Å². The Morgan fingerprint density at radius 1 is 1.04 bits per heavy atom. The normalized spacial score (nSPS) is 23.0. The molecule has 2 aromatic rings. The number of nitrogens with zero attached hydrogens (tertiary/aromatic N) is 1. The van der Waals surface area contributed by atoms with E-state index in [1.54, 1.807) is 16.7 Å². The first-order valence-corrected chi connectivity index (χ1v) is 10.6. The first-order valence-electron chi connectivity index (χ1n) is 9.60. The van der Waals surface area contributed by atoms with Gasteiger partial charge in [-0.25, -0.2) is 4.79 Å². The zero-order valence-electron chi connectivity index (χ0n) is 15.8. The molecule has 2 heterocycles. The van der Waals surface area contributed by atoms with Crippen molar-refractivity contribution in [3.05, 3.63) is 82.8 Å². The molecule has 1 saturated heterocycles. The summed E-state index contributed by atoms with van der Waals surface area (Å²) in [5.74, 6) is 0.456. The highest BCUT2D eigenvalue weighted by atomic mass is 32.2. The molecule has 3 unspecified atom stereocenters. The molecule has 144 valence electrons. The summed E-state index contributed by atoms with van der Waals surface area (Å²) in [4.78, 5) is 28.3. The van der Waals surface area contributed by atoms with Gasteiger partial charge in [-0.1, -0.05) is 67.6 Å². The van der Waals surface area contributed by atoms with Crippen LogP contribution in [0.2, 0.25) is 0 Å². The second-order valence-corrected chi connectivity index (χ2v) is 8.37. The number of amides is 1. The van der Waals surface area contributed by atoms with Crippen LogP contribution >= 0.6 is 11.8 Å². The molecule has 0 bridgehead atoms. The Hall–Kier alpha value is -2.53. The lowest BCUT2D eigenvalue weighted by molar-refractivity contribution is -0.165. The summed E-state index contributed by atoms with van der Waals surface area (Å²) in [6.07, 6.45) is 2.80. The molecule has 5 heteroatoms. The summed E-state index contributed by atoms with van der Waals surface area (Å²) in [5, 5.41) is 0. The van der Waals surface area contributed by atoms with Crippen molar-refractivity contribution in [1.29, 1.82) is 0 Å². The van der Waals surface area contributed by atoms with Gasteiger partial charge >= 0.3 is 5.97 Å². The molecule has 3 atom stereocenters. The van der Waals surface area contributed by atoms with Crippen molar-refractivity contribution in [2.45, 2.75) is 32.0 Å². The maximum absolute atomic E-state index is 12.9. The quantitative estimate of drug-likeness (QED) is 0.530. The number of benzene rings is 2. The van der Waals surface area contributed by atoms with Crippen molar-refractivity contribution < 1.29 is 14.3 Å². The van der Waals surface area contributed by atoms with E-state index in [1.165, 1.54) is 0 Å². The van der Waals surface area contributed by atoms with E-state index in [0.29, 0.717) is 6.42 Å². The topological polar surface area (TPSA) is 46.6 Å². The Morgan fingerprint density at radius 2 is 1.68 bits per heavy atom. The van der Waals surface area contributed by atoms with Gasteiger partial charge in [0.2, 0.25) is 5.91 Å². The lowest BCUT2D eigenvalue weighted by Gasteiger charge is -2.45. The number of hydrogen-bond donors (Lipinski definition) is 0. The van der Waals surface area contributed by atoms with Crippen molar-refractivity contribution in [2.75, 3.05) is 5.75 Å². The zero-order valence-corrected chi connectivity index (χ0v) is 16.6. The van der Waals surface area contributed by atoms with E-state index >= 15 is 0 Å². The average Bonchev–Trinajstić information content (AvgIpc) is 3.07. The summed E-state index contributed by atoms with van der Waals surface area (Å²) < 4.78 is 5.56. The molecule has 0 N–H and O–H groups in total. The largest absolute Gasteiger partial charge is 0.459 e. The van der Waals surface area contributed by atoms with Crippen molar-refractivity contribution in [3.8, 4) is 0 Å². The Balaban J connectivity index is 1.46. The van der Waals surface area contributed by atoms with Gasteiger partial charge in [0.15, 0.2) is 6.04 Å². The fourth-order valence-corrected chi connectivity index (χ4v) is 4.83. The molecule has 28 heavy (non-hydrogen) atoms. The molecule has 0 aliphatic carbocycles. The number of ether oxygens (including phenoxy) is 1. The predicted octanol–water partition coefficient (Wildman–Crippen LogP) is 3.82. The zero-order chi connectivity index (χ0) is 19.5. The molecule has 0 radical (unpaired) electrons. The summed E-state index contributed by atoms with van der Waals surface area (Å²) in [5.41, 5.74) is 2.09. The van der Waals surface area contributed by atoms with Crippen molar-refractivity contribution in [2.24, 2.45) is 5.92 Å². The molecule has 2 aliphatic heterocycles. The van der Waals surface area contributed by atoms with Gasteiger partial charge in [-0.15, -0.1) is 11.8 Å². The molecule has 1 fully saturated rings. The molecule has 0 aromatic heterocycles. The highest BCUT2D eigenvalue weighted by molar-refractivity contribution is 8.03. The van der Waals surface area contributed by atoms with Crippen LogP contribution in [0.25, 0.3) is 0 Å². The molecule has 0 spiro atoms. The standard InChI is InChI=1S/C23H23NO3S/c1-2-28-20-14-19-18(13-16-9-5-3-6-10-16)22(25)24(19)21(20)23(26)27-15-17-11-7-4-8-12-17/h3-12,14,18-19,21H,2,13,15H2,1H3. The van der Waals surface area contributed by atoms with E-state index in [0.717, 1.165) is 21.8 Å². The van der Waals surface area contributed by atoms with Gasteiger partial charge in [0.05, 0.1) is 12.0 Å². The van der Waals surface area contributed by atoms with E-state index in [1.807, 2.05) is 60.7 Å². The average molecular weight is 394 g/mol. The van der Waals surface area contributed by atoms with Crippen LogP contribution in [0, 0.1) is 5.92 Å². The molecular formula is C23H23NO3S. The minimum atomic E-state index is -0.599. The number of fused-ring (bicyclic) bond motifs is 1. The van der Waals surface area contributed by atoms with Crippen LogP contribution in [-0.2, 0) is 27.4 Å². The lowest BCUT2D eigenvalue weighted by atomic mass is 9.83. The van der Waals surface area contributed by atoms with Gasteiger partial charge in [0.25, 0.3) is 0 Å². The van der Waals surface area contributed by atoms with Crippen LogP contribution in [-0.4, -0.2) is 34.6 Å². The van der Waals surface area contributed by atoms with E-state index < -0.39 is 6.04 Å². The maximum atomic E-state index is 12.9. The first-order chi connectivity index (χ1) is 13.7. The molecule has 4 rings (SSSR count). The number of esters is 1. The fourth-order valence-electron chi connectivity index (χ4n) is 3.90. The predicted molar refractivity (Wildman–Crippen MR) is 111 cm³/mol. The Bertz CT molecular complexity index is 881. The first kappa shape index (κ1) is 18.8. The van der Waals surface area contributed by atoms with Crippen LogP contribution < -0.4 is 0 Å². The number of rotatable bonds is 7. The number of hydrogen-bond acceptors (Lipinski definition) is 4. The number of carbonyl (C=O) groups excluding carboxylic acids is 2. The fraction of sp³-hybridized carbons (Fsp3) is 0.304. The van der Waals surface area contributed by atoms with Gasteiger partial charge in [0.1, 0.15) is 6.61 Å². The maximum Gasteiger partial charge on any atom is 0.334 e. The van der Waals surface area contributed by atoms with Crippen LogP contribution in [0.5, 0.6) is 0 Å². The van der Waals surface area contributed by atoms with Crippen LogP contribution in [0.15, 0.2) is 71.6 Å². The minimum absolute atomic E-state index is 0.0176. The third kappa shape index (κ3) is 3.59. The van der Waals surface area contributed by atoms with Crippen molar-refractivity contribution >= 4 is 23.6 Å². The third-order valence-electron chi connectivity index (χ3n) is 5.24. The number of thioether (sulfide) groups is 1. The van der Waals surface area contributed by atoms with Crippen LogP contribution in [0.4, 0.5) is 0 Å². The molecule has 4 nitrogen and oxygen atoms in total. The SMILES string of the molecule is CCSC1=CC2C(Cc3ccccc3)C(=O)N2C1C(=O)OCc1ccccc1. The van der Waals surface area contributed by atoms with Gasteiger partial charge in [-0.05, 0) is 29.4 Å². The molecule has 2 aromatic carbocycles. The van der Waals surface area contributed by atoms with E-state index in [-0.39, 0.29) is 30.4 Å².